The number of hydrogen-bond acceptors (Lipinski definition) is 5. The van der Waals surface area contributed by atoms with Crippen molar-refractivity contribution in [2.75, 3.05) is 6.26 Å². The second-order valence-corrected chi connectivity index (χ2v) is 7.62. The van der Waals surface area contributed by atoms with Crippen molar-refractivity contribution >= 4 is 28.7 Å². The molecule has 1 unspecified atom stereocenters. The second kappa shape index (κ2) is 8.10. The van der Waals surface area contributed by atoms with Crippen LogP contribution in [0, 0.1) is 0 Å². The smallest absolute Gasteiger partial charge is 0.214 e. The summed E-state index contributed by atoms with van der Waals surface area (Å²) in [5.74, 6) is 0.551. The zero-order valence-corrected chi connectivity index (χ0v) is 16.3. The fourth-order valence-corrected chi connectivity index (χ4v) is 3.85. The molecular weight excluding hydrogens is 381 g/mol. The van der Waals surface area contributed by atoms with Crippen LogP contribution in [0.4, 0.5) is 4.39 Å². The van der Waals surface area contributed by atoms with Crippen molar-refractivity contribution in [1.82, 2.24) is 15.0 Å². The summed E-state index contributed by atoms with van der Waals surface area (Å²) in [5.41, 5.74) is 4.68. The zero-order valence-electron chi connectivity index (χ0n) is 14.7. The summed E-state index contributed by atoms with van der Waals surface area (Å²) in [6.07, 6.45) is 8.45. The molecule has 3 aromatic heterocycles. The molecule has 27 heavy (non-hydrogen) atoms. The van der Waals surface area contributed by atoms with Gasteiger partial charge < -0.3 is 9.72 Å². The first-order chi connectivity index (χ1) is 13.2. The Kier molecular flexibility index (Phi) is 5.40. The number of H-pyrrole nitrogens is 1. The van der Waals surface area contributed by atoms with E-state index in [-0.39, 0.29) is 0 Å². The molecule has 138 valence electrons. The lowest BCUT2D eigenvalue weighted by molar-refractivity contribution is 0.294. The number of thiophene rings is 1. The van der Waals surface area contributed by atoms with Crippen molar-refractivity contribution in [1.29, 1.82) is 0 Å². The molecule has 4 rings (SSSR count). The van der Waals surface area contributed by atoms with E-state index in [0.717, 1.165) is 33.2 Å². The monoisotopic (exact) mass is 399 g/mol. The summed E-state index contributed by atoms with van der Waals surface area (Å²) in [4.78, 5) is 12.3. The largest absolute Gasteiger partial charge is 0.473 e. The van der Waals surface area contributed by atoms with Gasteiger partial charge in [0.25, 0.3) is 0 Å². The van der Waals surface area contributed by atoms with Gasteiger partial charge in [-0.3, -0.25) is 0 Å². The highest BCUT2D eigenvalue weighted by Crippen LogP contribution is 2.33. The quantitative estimate of drug-likeness (QED) is 0.555. The number of alkyl halides is 1. The van der Waals surface area contributed by atoms with Crippen LogP contribution in [0.15, 0.2) is 58.5 Å². The van der Waals surface area contributed by atoms with Crippen LogP contribution in [0.1, 0.15) is 17.7 Å². The van der Waals surface area contributed by atoms with Gasteiger partial charge in [0.1, 0.15) is 12.8 Å². The maximum absolute atomic E-state index is 13.4. The molecule has 0 amide bonds. The lowest BCUT2D eigenvalue weighted by Crippen LogP contribution is -1.99. The van der Waals surface area contributed by atoms with Gasteiger partial charge in [-0.1, -0.05) is 23.9 Å². The molecule has 1 atom stereocenters. The molecule has 3 heterocycles. The molecule has 0 aromatic carbocycles. The Bertz CT molecular complexity index is 979. The van der Waals surface area contributed by atoms with Crippen molar-refractivity contribution in [3.63, 3.8) is 0 Å². The van der Waals surface area contributed by atoms with E-state index < -0.39 is 6.17 Å². The summed E-state index contributed by atoms with van der Waals surface area (Å²) < 4.78 is 19.3. The highest BCUT2D eigenvalue weighted by Gasteiger charge is 2.18. The molecule has 0 radical (unpaired) electrons. The number of halogens is 1. The summed E-state index contributed by atoms with van der Waals surface area (Å²) in [5, 5.41) is 4.89. The predicted octanol–water partition coefficient (Wildman–Crippen LogP) is 5.52. The molecule has 0 saturated heterocycles. The van der Waals surface area contributed by atoms with Crippen LogP contribution in [0.25, 0.3) is 16.8 Å². The third kappa shape index (κ3) is 4.14. The average molecular weight is 400 g/mol. The molecule has 4 nitrogen and oxygen atoms in total. The van der Waals surface area contributed by atoms with Crippen LogP contribution in [-0.2, 0) is 6.61 Å². The third-order valence-electron chi connectivity index (χ3n) is 4.19. The molecular formula is C20H18FN3OS2. The average Bonchev–Trinajstić information content (AvgIpc) is 3.37. The number of aromatic amines is 1. The fourth-order valence-electron chi connectivity index (χ4n) is 2.81. The van der Waals surface area contributed by atoms with Gasteiger partial charge in [-0.15, -0.1) is 0 Å². The maximum Gasteiger partial charge on any atom is 0.214 e. The van der Waals surface area contributed by atoms with Crippen molar-refractivity contribution < 1.29 is 9.13 Å². The van der Waals surface area contributed by atoms with E-state index in [1.807, 2.05) is 42.0 Å². The van der Waals surface area contributed by atoms with Crippen LogP contribution in [0.5, 0.6) is 5.88 Å². The van der Waals surface area contributed by atoms with Gasteiger partial charge in [0.15, 0.2) is 5.16 Å². The lowest BCUT2D eigenvalue weighted by atomic mass is 10.00. The molecule has 0 aliphatic heterocycles. The standard InChI is InChI=1S/C20H18FN3OS2/c1-26-20-23-18(14-2-4-16(21)5-3-14)19(24-20)15-6-8-22-17(10-15)25-11-13-7-9-27-12-13/h2-4,6-10,12,16H,5,11H2,1H3,(H,23,24). The Balaban J connectivity index is 1.64. The van der Waals surface area contributed by atoms with E-state index >= 15 is 0 Å². The lowest BCUT2D eigenvalue weighted by Gasteiger charge is -2.10. The van der Waals surface area contributed by atoms with Gasteiger partial charge in [-0.05, 0) is 40.8 Å². The van der Waals surface area contributed by atoms with Crippen LogP contribution in [0.2, 0.25) is 0 Å². The van der Waals surface area contributed by atoms with Crippen LogP contribution in [0.3, 0.4) is 0 Å². The van der Waals surface area contributed by atoms with Crippen molar-refractivity contribution in [3.8, 4) is 17.1 Å². The third-order valence-corrected chi connectivity index (χ3v) is 5.50. The van der Waals surface area contributed by atoms with Gasteiger partial charge in [-0.25, -0.2) is 14.4 Å². The first-order valence-electron chi connectivity index (χ1n) is 8.50. The van der Waals surface area contributed by atoms with Gasteiger partial charge in [0.05, 0.1) is 11.4 Å². The van der Waals surface area contributed by atoms with E-state index in [1.165, 1.54) is 11.8 Å². The number of imidazole rings is 1. The van der Waals surface area contributed by atoms with Gasteiger partial charge in [0, 0.05) is 29.8 Å². The number of rotatable bonds is 6. The predicted molar refractivity (Wildman–Crippen MR) is 109 cm³/mol. The summed E-state index contributed by atoms with van der Waals surface area (Å²) in [7, 11) is 0. The highest BCUT2D eigenvalue weighted by molar-refractivity contribution is 7.98. The Morgan fingerprint density at radius 2 is 2.33 bits per heavy atom. The van der Waals surface area contributed by atoms with Crippen LogP contribution in [-0.4, -0.2) is 27.4 Å². The van der Waals surface area contributed by atoms with E-state index in [0.29, 0.717) is 18.9 Å². The number of allylic oxidation sites excluding steroid dienone is 4. The van der Waals surface area contributed by atoms with Crippen molar-refractivity contribution in [2.24, 2.45) is 0 Å². The number of nitrogens with one attached hydrogen (secondary N) is 1. The summed E-state index contributed by atoms with van der Waals surface area (Å²) in [6, 6.07) is 5.83. The topological polar surface area (TPSA) is 50.8 Å². The van der Waals surface area contributed by atoms with E-state index in [2.05, 4.69) is 15.3 Å². The minimum Gasteiger partial charge on any atom is -0.473 e. The zero-order chi connectivity index (χ0) is 18.6. The molecule has 0 bridgehead atoms. The van der Waals surface area contributed by atoms with Crippen molar-refractivity contribution in [3.05, 3.63) is 64.6 Å². The Morgan fingerprint density at radius 1 is 1.41 bits per heavy atom. The minimum absolute atomic E-state index is 0.379. The molecule has 3 aromatic rings. The number of aromatic nitrogens is 3. The molecule has 1 N–H and O–H groups in total. The number of nitrogens with zero attached hydrogens (tertiary/aromatic N) is 2. The summed E-state index contributed by atoms with van der Waals surface area (Å²) in [6.45, 7) is 0.481. The van der Waals surface area contributed by atoms with Gasteiger partial charge >= 0.3 is 0 Å². The van der Waals surface area contributed by atoms with Gasteiger partial charge in [0.2, 0.25) is 5.88 Å². The molecule has 1 aliphatic carbocycles. The number of hydrogen-bond donors (Lipinski definition) is 1. The number of thioether (sulfide) groups is 1. The number of ether oxygens (including phenoxy) is 1. The highest BCUT2D eigenvalue weighted by atomic mass is 32.2. The van der Waals surface area contributed by atoms with Gasteiger partial charge in [-0.2, -0.15) is 11.3 Å². The molecule has 0 fully saturated rings. The Labute approximate surface area is 165 Å². The van der Waals surface area contributed by atoms with E-state index in [1.54, 1.807) is 23.6 Å². The van der Waals surface area contributed by atoms with E-state index in [4.69, 9.17) is 9.72 Å². The molecule has 1 aliphatic rings. The molecule has 0 spiro atoms. The Morgan fingerprint density at radius 3 is 3.07 bits per heavy atom. The van der Waals surface area contributed by atoms with Crippen molar-refractivity contribution in [2.45, 2.75) is 24.4 Å². The first-order valence-corrected chi connectivity index (χ1v) is 10.7. The van der Waals surface area contributed by atoms with Crippen LogP contribution < -0.4 is 4.74 Å². The minimum atomic E-state index is -0.918. The fraction of sp³-hybridized carbons (Fsp3) is 0.200. The normalized spacial score (nSPS) is 16.4. The number of pyridine rings is 1. The summed E-state index contributed by atoms with van der Waals surface area (Å²) >= 11 is 3.18. The van der Waals surface area contributed by atoms with Crippen LogP contribution >= 0.6 is 23.1 Å². The second-order valence-electron chi connectivity index (χ2n) is 6.04. The Hall–Kier alpha value is -2.38. The molecule has 0 saturated carbocycles. The first kappa shape index (κ1) is 18.0. The molecule has 7 heteroatoms. The maximum atomic E-state index is 13.4. The SMILES string of the molecule is CSc1nc(-c2ccnc(OCc3ccsc3)c2)c(C2=CCC(F)C=C2)[nH]1. The van der Waals surface area contributed by atoms with E-state index in [9.17, 15) is 4.39 Å².